The van der Waals surface area contributed by atoms with Crippen LogP contribution in [-0.4, -0.2) is 78.4 Å². The minimum atomic E-state index is -4.26. The monoisotopic (exact) mass is 568 g/mol. The van der Waals surface area contributed by atoms with Crippen LogP contribution in [-0.2, 0) is 4.74 Å². The van der Waals surface area contributed by atoms with Crippen LogP contribution < -0.4 is 15.5 Å². The Morgan fingerprint density at radius 2 is 1.90 bits per heavy atom. The van der Waals surface area contributed by atoms with E-state index in [0.717, 1.165) is 5.56 Å². The number of aromatic nitrogens is 2. The lowest BCUT2D eigenvalue weighted by atomic mass is 10.0. The van der Waals surface area contributed by atoms with Crippen molar-refractivity contribution >= 4 is 23.5 Å². The molecule has 40 heavy (non-hydrogen) atoms. The third-order valence-corrected chi connectivity index (χ3v) is 7.62. The smallest absolute Gasteiger partial charge is 0.378 e. The maximum absolute atomic E-state index is 13.8. The summed E-state index contributed by atoms with van der Waals surface area (Å²) in [5.41, 5.74) is 2.62. The molecule has 3 aliphatic rings. The minimum Gasteiger partial charge on any atom is -0.378 e. The van der Waals surface area contributed by atoms with Gasteiger partial charge in [0, 0.05) is 68.8 Å². The number of likely N-dealkylation sites (tertiary alicyclic amines) is 1. The molecule has 1 saturated carbocycles. The van der Waals surface area contributed by atoms with E-state index in [0.29, 0.717) is 67.9 Å². The molecule has 0 spiro atoms. The Kier molecular flexibility index (Phi) is 8.03. The van der Waals surface area contributed by atoms with E-state index in [4.69, 9.17) is 9.72 Å². The Balaban J connectivity index is 1.37. The van der Waals surface area contributed by atoms with E-state index >= 15 is 0 Å². The second-order valence-corrected chi connectivity index (χ2v) is 10.9. The molecule has 2 atom stereocenters. The molecule has 0 unspecified atom stereocenters. The molecule has 218 valence electrons. The lowest BCUT2D eigenvalue weighted by Crippen LogP contribution is -2.37. The molecule has 2 N–H and O–H groups in total. The van der Waals surface area contributed by atoms with Crippen molar-refractivity contribution < 1.29 is 31.5 Å². The predicted molar refractivity (Wildman–Crippen MR) is 141 cm³/mol. The summed E-state index contributed by atoms with van der Waals surface area (Å²) >= 11 is 0. The number of carbonyl (C=O) groups excluding carboxylic acids is 1. The highest BCUT2D eigenvalue weighted by Gasteiger charge is 2.40. The van der Waals surface area contributed by atoms with Gasteiger partial charge < -0.3 is 25.2 Å². The number of halogens is 5. The molecule has 2 amide bonds. The number of nitrogens with zero attached hydrogens (tertiary/aromatic N) is 4. The van der Waals surface area contributed by atoms with Crippen LogP contribution in [0.2, 0.25) is 0 Å². The zero-order valence-electron chi connectivity index (χ0n) is 22.2. The van der Waals surface area contributed by atoms with Gasteiger partial charge in [-0.15, -0.1) is 0 Å². The largest absolute Gasteiger partial charge is 0.389 e. The van der Waals surface area contributed by atoms with Gasteiger partial charge in [0.25, 0.3) is 0 Å². The zero-order valence-corrected chi connectivity index (χ0v) is 22.2. The van der Waals surface area contributed by atoms with E-state index in [1.165, 1.54) is 4.90 Å². The zero-order chi connectivity index (χ0) is 28.5. The van der Waals surface area contributed by atoms with Gasteiger partial charge in [-0.3, -0.25) is 0 Å². The molecule has 2 saturated heterocycles. The molecule has 1 aromatic carbocycles. The van der Waals surface area contributed by atoms with Crippen molar-refractivity contribution in [3.63, 3.8) is 0 Å². The van der Waals surface area contributed by atoms with Crippen molar-refractivity contribution in [2.45, 2.75) is 57.2 Å². The summed E-state index contributed by atoms with van der Waals surface area (Å²) in [4.78, 5) is 25.6. The summed E-state index contributed by atoms with van der Waals surface area (Å²) in [7, 11) is 0. The Morgan fingerprint density at radius 1 is 1.12 bits per heavy atom. The number of carbonyl (C=O) groups is 1. The van der Waals surface area contributed by atoms with Gasteiger partial charge in [0.2, 0.25) is 11.9 Å². The third kappa shape index (κ3) is 7.10. The van der Waals surface area contributed by atoms with E-state index in [9.17, 15) is 26.7 Å². The summed E-state index contributed by atoms with van der Waals surface area (Å²) in [5, 5.41) is 5.97. The van der Waals surface area contributed by atoms with E-state index in [-0.39, 0.29) is 25.9 Å². The van der Waals surface area contributed by atoms with Crippen molar-refractivity contribution in [2.75, 3.05) is 54.9 Å². The van der Waals surface area contributed by atoms with Crippen molar-refractivity contribution in [2.24, 2.45) is 5.92 Å². The van der Waals surface area contributed by atoms with Crippen LogP contribution in [0, 0.1) is 12.8 Å². The van der Waals surface area contributed by atoms with Crippen molar-refractivity contribution in [1.82, 2.24) is 14.9 Å². The topological polar surface area (TPSA) is 82.6 Å². The highest BCUT2D eigenvalue weighted by Crippen LogP contribution is 2.37. The van der Waals surface area contributed by atoms with Gasteiger partial charge in [0.15, 0.2) is 0 Å². The van der Waals surface area contributed by atoms with Gasteiger partial charge in [0.1, 0.15) is 5.82 Å². The molecule has 3 heterocycles. The number of rotatable bonds is 6. The first kappa shape index (κ1) is 28.3. The van der Waals surface area contributed by atoms with Gasteiger partial charge in [-0.1, -0.05) is 6.07 Å². The van der Waals surface area contributed by atoms with E-state index in [2.05, 4.69) is 15.6 Å². The summed E-state index contributed by atoms with van der Waals surface area (Å²) in [5.74, 6) is -2.42. The van der Waals surface area contributed by atoms with E-state index in [1.807, 2.05) is 17.9 Å². The second-order valence-electron chi connectivity index (χ2n) is 10.9. The maximum Gasteiger partial charge on any atom is 0.389 e. The van der Waals surface area contributed by atoms with Gasteiger partial charge >= 0.3 is 12.2 Å². The number of benzene rings is 1. The molecular formula is C27H33F5N6O2. The second kappa shape index (κ2) is 11.3. The molecule has 2 aromatic rings. The number of amides is 2. The van der Waals surface area contributed by atoms with Crippen LogP contribution in [0.15, 0.2) is 24.3 Å². The molecule has 13 heteroatoms. The number of alkyl halides is 5. The Bertz CT molecular complexity index is 1220. The molecule has 5 rings (SSSR count). The summed E-state index contributed by atoms with van der Waals surface area (Å²) in [6, 6.07) is 6.16. The highest BCUT2D eigenvalue weighted by molar-refractivity contribution is 5.90. The van der Waals surface area contributed by atoms with Crippen molar-refractivity contribution in [3.8, 4) is 11.3 Å². The van der Waals surface area contributed by atoms with Gasteiger partial charge in [-0.2, -0.15) is 18.2 Å². The number of hydrogen-bond acceptors (Lipinski definition) is 6. The quantitative estimate of drug-likeness (QED) is 0.436. The van der Waals surface area contributed by atoms with Gasteiger partial charge in [0.05, 0.1) is 18.9 Å². The average molecular weight is 569 g/mol. The van der Waals surface area contributed by atoms with E-state index in [1.54, 1.807) is 18.2 Å². The number of nitrogens with one attached hydrogen (secondary N) is 2. The summed E-state index contributed by atoms with van der Waals surface area (Å²) < 4.78 is 71.4. The van der Waals surface area contributed by atoms with Crippen LogP contribution in [0.25, 0.3) is 11.3 Å². The summed E-state index contributed by atoms with van der Waals surface area (Å²) in [6.45, 7) is 4.42. The maximum atomic E-state index is 13.8. The SMILES string of the molecule is Cc1ccc(NC(=O)N2CC[C@@H](CC(F)(F)F)C2)cc1-c1cc(N[C@@H]2CCC(F)(F)C2)nc(N2CCOCC2)n1. The van der Waals surface area contributed by atoms with Gasteiger partial charge in [-0.05, 0) is 43.4 Å². The predicted octanol–water partition coefficient (Wildman–Crippen LogP) is 5.69. The molecule has 2 aliphatic heterocycles. The Hall–Kier alpha value is -3.22. The molecule has 0 bridgehead atoms. The fraction of sp³-hybridized carbons (Fsp3) is 0.593. The van der Waals surface area contributed by atoms with Crippen LogP contribution in [0.1, 0.15) is 37.7 Å². The Morgan fingerprint density at radius 3 is 2.60 bits per heavy atom. The fourth-order valence-electron chi connectivity index (χ4n) is 5.52. The number of morpholine rings is 1. The minimum absolute atomic E-state index is 0.0497. The first-order valence-electron chi connectivity index (χ1n) is 13.5. The first-order valence-corrected chi connectivity index (χ1v) is 13.5. The fourth-order valence-corrected chi connectivity index (χ4v) is 5.52. The van der Waals surface area contributed by atoms with Crippen LogP contribution in [0.4, 0.5) is 44.2 Å². The number of aryl methyl sites for hydroxylation is 1. The third-order valence-electron chi connectivity index (χ3n) is 7.62. The normalized spacial score (nSPS) is 22.9. The molecular weight excluding hydrogens is 535 g/mol. The number of urea groups is 1. The highest BCUT2D eigenvalue weighted by atomic mass is 19.4. The number of hydrogen-bond donors (Lipinski definition) is 2. The molecule has 1 aromatic heterocycles. The van der Waals surface area contributed by atoms with Gasteiger partial charge in [-0.25, -0.2) is 18.6 Å². The lowest BCUT2D eigenvalue weighted by Gasteiger charge is -2.28. The average Bonchev–Trinajstić information content (AvgIpc) is 3.49. The van der Waals surface area contributed by atoms with Crippen LogP contribution in [0.5, 0.6) is 0 Å². The van der Waals surface area contributed by atoms with Crippen LogP contribution >= 0.6 is 0 Å². The standard InChI is InChI=1S/C27H33F5N6O2/c1-17-2-3-19(34-25(39)38-7-5-18(16-38)14-27(30,31)32)12-21(17)22-13-23(33-20-4-6-26(28,29)15-20)36-24(35-22)37-8-10-40-11-9-37/h2-3,12-13,18,20H,4-11,14-16H2,1H3,(H,34,39)(H,33,35,36)/t18-,20+/m0/s1. The summed E-state index contributed by atoms with van der Waals surface area (Å²) in [6.07, 6.45) is -4.96. The molecule has 3 fully saturated rings. The van der Waals surface area contributed by atoms with Crippen LogP contribution in [0.3, 0.4) is 0 Å². The van der Waals surface area contributed by atoms with Crippen molar-refractivity contribution in [1.29, 1.82) is 0 Å². The first-order chi connectivity index (χ1) is 18.9. The molecule has 0 radical (unpaired) electrons. The number of anilines is 3. The number of ether oxygens (including phenoxy) is 1. The Labute approximate surface area is 229 Å². The molecule has 1 aliphatic carbocycles. The van der Waals surface area contributed by atoms with Crippen molar-refractivity contribution in [3.05, 3.63) is 29.8 Å². The molecule has 8 nitrogen and oxygen atoms in total. The van der Waals surface area contributed by atoms with E-state index < -0.39 is 36.5 Å². The lowest BCUT2D eigenvalue weighted by molar-refractivity contribution is -0.143.